The van der Waals surface area contributed by atoms with Gasteiger partial charge in [0.15, 0.2) is 0 Å². The fourth-order valence-corrected chi connectivity index (χ4v) is 1.11. The van der Waals surface area contributed by atoms with E-state index < -0.39 is 5.97 Å². The van der Waals surface area contributed by atoms with Crippen molar-refractivity contribution < 1.29 is 14.3 Å². The minimum Gasteiger partial charge on any atom is -0.465 e. The van der Waals surface area contributed by atoms with E-state index >= 15 is 0 Å². The zero-order valence-electron chi connectivity index (χ0n) is 9.10. The number of carbonyl (C=O) groups excluding carboxylic acids is 2. The molecule has 0 saturated heterocycles. The molecule has 1 amide bonds. The maximum atomic E-state index is 11.4. The van der Waals surface area contributed by atoms with Gasteiger partial charge in [0, 0.05) is 11.9 Å². The number of nitrogens with zero attached hydrogens (tertiary/aromatic N) is 1. The van der Waals surface area contributed by atoms with Crippen molar-refractivity contribution in [2.45, 2.75) is 13.3 Å². The third-order valence-electron chi connectivity index (χ3n) is 1.80. The quantitative estimate of drug-likeness (QED) is 0.728. The molecule has 0 aliphatic rings. The monoisotopic (exact) mass is 222 g/mol. The molecule has 0 unspecified atom stereocenters. The normalized spacial score (nSPS) is 9.56. The minimum absolute atomic E-state index is 0.0977. The van der Waals surface area contributed by atoms with Gasteiger partial charge in [-0.05, 0) is 19.1 Å². The Bertz CT molecular complexity index is 352. The van der Waals surface area contributed by atoms with E-state index in [1.54, 1.807) is 31.3 Å². The summed E-state index contributed by atoms with van der Waals surface area (Å²) in [5.41, 5.74) is 0.670. The van der Waals surface area contributed by atoms with Crippen molar-refractivity contribution in [2.24, 2.45) is 0 Å². The van der Waals surface area contributed by atoms with Gasteiger partial charge in [-0.3, -0.25) is 14.6 Å². The Morgan fingerprint density at radius 1 is 1.44 bits per heavy atom. The summed E-state index contributed by atoms with van der Waals surface area (Å²) in [7, 11) is 0. The van der Waals surface area contributed by atoms with Gasteiger partial charge in [0.05, 0.1) is 13.0 Å². The van der Waals surface area contributed by atoms with Crippen LogP contribution in [0.3, 0.4) is 0 Å². The highest BCUT2D eigenvalue weighted by atomic mass is 16.5. The van der Waals surface area contributed by atoms with E-state index in [4.69, 9.17) is 0 Å². The largest absolute Gasteiger partial charge is 0.465 e. The van der Waals surface area contributed by atoms with Crippen molar-refractivity contribution in [3.63, 3.8) is 0 Å². The van der Waals surface area contributed by atoms with Gasteiger partial charge >= 0.3 is 5.97 Å². The van der Waals surface area contributed by atoms with Gasteiger partial charge in [0.1, 0.15) is 6.54 Å². The molecule has 0 saturated carbocycles. The van der Waals surface area contributed by atoms with Crippen LogP contribution in [0.15, 0.2) is 24.4 Å². The molecule has 1 N–H and O–H groups in total. The Morgan fingerprint density at radius 3 is 2.88 bits per heavy atom. The van der Waals surface area contributed by atoms with E-state index in [0.717, 1.165) is 0 Å². The lowest BCUT2D eigenvalue weighted by atomic mass is 10.2. The average Bonchev–Trinajstić information content (AvgIpc) is 2.28. The molecule has 1 aromatic rings. The highest BCUT2D eigenvalue weighted by Crippen LogP contribution is 1.94. The molecule has 0 aliphatic heterocycles. The van der Waals surface area contributed by atoms with Crippen molar-refractivity contribution in [1.82, 2.24) is 10.3 Å². The number of hydrogen-bond acceptors (Lipinski definition) is 4. The van der Waals surface area contributed by atoms with Gasteiger partial charge in [0.2, 0.25) is 5.91 Å². The zero-order valence-corrected chi connectivity index (χ0v) is 9.10. The van der Waals surface area contributed by atoms with E-state index in [9.17, 15) is 9.59 Å². The Balaban J connectivity index is 2.29. The SMILES string of the molecule is CCOC(=O)CNC(=O)Cc1ccccn1. The van der Waals surface area contributed by atoms with E-state index in [2.05, 4.69) is 15.0 Å². The van der Waals surface area contributed by atoms with Crippen molar-refractivity contribution in [3.05, 3.63) is 30.1 Å². The van der Waals surface area contributed by atoms with Crippen LogP contribution in [-0.2, 0) is 20.7 Å². The summed E-state index contributed by atoms with van der Waals surface area (Å²) < 4.78 is 4.67. The molecule has 0 spiro atoms. The smallest absolute Gasteiger partial charge is 0.325 e. The fourth-order valence-electron chi connectivity index (χ4n) is 1.11. The molecule has 86 valence electrons. The molecule has 1 aromatic heterocycles. The third-order valence-corrected chi connectivity index (χ3v) is 1.80. The predicted molar refractivity (Wildman–Crippen MR) is 57.6 cm³/mol. The van der Waals surface area contributed by atoms with E-state index in [1.807, 2.05) is 0 Å². The number of aromatic nitrogens is 1. The number of esters is 1. The molecule has 0 bridgehead atoms. The Labute approximate surface area is 93.8 Å². The fraction of sp³-hybridized carbons (Fsp3) is 0.364. The van der Waals surface area contributed by atoms with Crippen molar-refractivity contribution >= 4 is 11.9 Å². The van der Waals surface area contributed by atoms with Crippen molar-refractivity contribution in [1.29, 1.82) is 0 Å². The average molecular weight is 222 g/mol. The molecule has 0 atom stereocenters. The summed E-state index contributed by atoms with van der Waals surface area (Å²) >= 11 is 0. The first-order chi connectivity index (χ1) is 7.72. The number of hydrogen-bond donors (Lipinski definition) is 1. The number of ether oxygens (including phenoxy) is 1. The van der Waals surface area contributed by atoms with E-state index in [1.165, 1.54) is 0 Å². The van der Waals surface area contributed by atoms with E-state index in [-0.39, 0.29) is 18.9 Å². The Morgan fingerprint density at radius 2 is 2.25 bits per heavy atom. The van der Waals surface area contributed by atoms with Gasteiger partial charge in [-0.15, -0.1) is 0 Å². The minimum atomic E-state index is -0.433. The molecule has 1 rings (SSSR count). The zero-order chi connectivity index (χ0) is 11.8. The van der Waals surface area contributed by atoms with Crippen molar-refractivity contribution in [3.8, 4) is 0 Å². The summed E-state index contributed by atoms with van der Waals surface area (Å²) in [6.45, 7) is 1.93. The molecule has 5 nitrogen and oxygen atoms in total. The molecule has 1 heterocycles. The van der Waals surface area contributed by atoms with Crippen LogP contribution in [0.1, 0.15) is 12.6 Å². The topological polar surface area (TPSA) is 68.3 Å². The van der Waals surface area contributed by atoms with Crippen LogP contribution in [0, 0.1) is 0 Å². The molecule has 0 fully saturated rings. The molecule has 16 heavy (non-hydrogen) atoms. The Hall–Kier alpha value is -1.91. The highest BCUT2D eigenvalue weighted by Gasteiger charge is 2.06. The molecule has 0 aliphatic carbocycles. The summed E-state index contributed by atoms with van der Waals surface area (Å²) in [4.78, 5) is 26.3. The Kier molecular flexibility index (Phi) is 4.98. The van der Waals surface area contributed by atoms with Gasteiger partial charge in [0.25, 0.3) is 0 Å². The first-order valence-electron chi connectivity index (χ1n) is 5.04. The van der Waals surface area contributed by atoms with Crippen LogP contribution < -0.4 is 5.32 Å². The van der Waals surface area contributed by atoms with Crippen molar-refractivity contribution in [2.75, 3.05) is 13.2 Å². The van der Waals surface area contributed by atoms with Crippen LogP contribution in [0.5, 0.6) is 0 Å². The third kappa shape index (κ3) is 4.54. The first kappa shape index (κ1) is 12.2. The number of rotatable bonds is 5. The number of carbonyl (C=O) groups is 2. The second-order valence-electron chi connectivity index (χ2n) is 3.08. The standard InChI is InChI=1S/C11H14N2O3/c1-2-16-11(15)8-13-10(14)7-9-5-3-4-6-12-9/h3-6H,2,7-8H2,1H3,(H,13,14). The first-order valence-corrected chi connectivity index (χ1v) is 5.04. The lowest BCUT2D eigenvalue weighted by Crippen LogP contribution is -2.31. The summed E-state index contributed by atoms with van der Waals surface area (Å²) in [5.74, 6) is -0.677. The molecular formula is C11H14N2O3. The number of amides is 1. The molecular weight excluding hydrogens is 208 g/mol. The van der Waals surface area contributed by atoms with Crippen LogP contribution in [0.2, 0.25) is 0 Å². The maximum absolute atomic E-state index is 11.4. The van der Waals surface area contributed by atoms with E-state index in [0.29, 0.717) is 12.3 Å². The summed E-state index contributed by atoms with van der Waals surface area (Å²) in [5, 5.41) is 2.46. The second kappa shape index (κ2) is 6.55. The molecule has 0 radical (unpaired) electrons. The summed E-state index contributed by atoms with van der Waals surface area (Å²) in [6, 6.07) is 5.34. The van der Waals surface area contributed by atoms with Gasteiger partial charge in [-0.25, -0.2) is 0 Å². The lowest BCUT2D eigenvalue weighted by molar-refractivity contribution is -0.143. The van der Waals surface area contributed by atoms with Crippen LogP contribution in [0.25, 0.3) is 0 Å². The van der Waals surface area contributed by atoms with Crippen LogP contribution in [-0.4, -0.2) is 30.0 Å². The van der Waals surface area contributed by atoms with Gasteiger partial charge < -0.3 is 10.1 Å². The molecule has 5 heteroatoms. The molecule has 0 aromatic carbocycles. The lowest BCUT2D eigenvalue weighted by Gasteiger charge is -2.04. The number of pyridine rings is 1. The van der Waals surface area contributed by atoms with Crippen LogP contribution in [0.4, 0.5) is 0 Å². The summed E-state index contributed by atoms with van der Waals surface area (Å²) in [6.07, 6.45) is 1.79. The van der Waals surface area contributed by atoms with Gasteiger partial charge in [-0.2, -0.15) is 0 Å². The maximum Gasteiger partial charge on any atom is 0.325 e. The highest BCUT2D eigenvalue weighted by molar-refractivity contribution is 5.83. The predicted octanol–water partition coefficient (Wildman–Crippen LogP) is 0.303. The van der Waals surface area contributed by atoms with Gasteiger partial charge in [-0.1, -0.05) is 6.07 Å². The van der Waals surface area contributed by atoms with Crippen LogP contribution >= 0.6 is 0 Å². The second-order valence-corrected chi connectivity index (χ2v) is 3.08. The number of nitrogens with one attached hydrogen (secondary N) is 1.